The molecule has 0 radical (unpaired) electrons. The number of ketones is 1. The molecule has 0 N–H and O–H groups in total. The number of carbonyl (C=O) groups excluding carboxylic acids is 2. The Balaban J connectivity index is 1.69. The summed E-state index contributed by atoms with van der Waals surface area (Å²) < 4.78 is 38.8. The zero-order valence-electron chi connectivity index (χ0n) is 16.9. The molecule has 0 aliphatic carbocycles. The molecule has 0 bridgehead atoms. The number of benzene rings is 2. The highest BCUT2D eigenvalue weighted by Gasteiger charge is 2.27. The van der Waals surface area contributed by atoms with Gasteiger partial charge in [-0.25, -0.2) is 12.8 Å². The molecule has 1 aliphatic rings. The van der Waals surface area contributed by atoms with Crippen LogP contribution >= 0.6 is 0 Å². The highest BCUT2D eigenvalue weighted by atomic mass is 32.2. The third kappa shape index (κ3) is 5.15. The van der Waals surface area contributed by atoms with Gasteiger partial charge in [0.2, 0.25) is 15.9 Å². The van der Waals surface area contributed by atoms with E-state index in [1.807, 2.05) is 4.90 Å². The Bertz CT molecular complexity index is 1030. The molecule has 0 saturated carbocycles. The lowest BCUT2D eigenvalue weighted by molar-refractivity contribution is -0.129. The normalized spacial score (nSPS) is 14.5. The molecule has 9 heteroatoms. The summed E-state index contributed by atoms with van der Waals surface area (Å²) in [7, 11) is -3.72. The number of rotatable bonds is 6. The Labute approximate surface area is 175 Å². The van der Waals surface area contributed by atoms with Crippen molar-refractivity contribution in [1.29, 1.82) is 0 Å². The minimum absolute atomic E-state index is 0.187. The van der Waals surface area contributed by atoms with Crippen LogP contribution in [-0.4, -0.2) is 64.0 Å². The summed E-state index contributed by atoms with van der Waals surface area (Å²) in [6.07, 6.45) is 1.03. The number of piperazine rings is 1. The summed E-state index contributed by atoms with van der Waals surface area (Å²) in [5.74, 6) is -0.803. The van der Waals surface area contributed by atoms with Gasteiger partial charge < -0.3 is 9.80 Å². The van der Waals surface area contributed by atoms with Crippen molar-refractivity contribution >= 4 is 33.1 Å². The first-order valence-corrected chi connectivity index (χ1v) is 11.4. The first kappa shape index (κ1) is 21.8. The van der Waals surface area contributed by atoms with Crippen LogP contribution in [0.15, 0.2) is 48.5 Å². The molecule has 3 rings (SSSR count). The minimum Gasteiger partial charge on any atom is -0.368 e. The van der Waals surface area contributed by atoms with Crippen LogP contribution in [0.5, 0.6) is 0 Å². The van der Waals surface area contributed by atoms with Crippen molar-refractivity contribution in [3.8, 4) is 0 Å². The summed E-state index contributed by atoms with van der Waals surface area (Å²) >= 11 is 0. The number of amides is 1. The maximum atomic E-state index is 13.1. The van der Waals surface area contributed by atoms with Gasteiger partial charge in [0.25, 0.3) is 0 Å². The second kappa shape index (κ2) is 8.83. The number of carbonyl (C=O) groups is 2. The zero-order chi connectivity index (χ0) is 21.9. The molecule has 1 aliphatic heterocycles. The van der Waals surface area contributed by atoms with Crippen molar-refractivity contribution < 1.29 is 22.4 Å². The van der Waals surface area contributed by atoms with Crippen LogP contribution in [0.1, 0.15) is 17.3 Å². The molecule has 2 aromatic rings. The van der Waals surface area contributed by atoms with Crippen LogP contribution in [0, 0.1) is 5.82 Å². The molecule has 160 valence electrons. The molecule has 30 heavy (non-hydrogen) atoms. The summed E-state index contributed by atoms with van der Waals surface area (Å²) in [6.45, 7) is 3.06. The van der Waals surface area contributed by atoms with E-state index in [-0.39, 0.29) is 29.7 Å². The van der Waals surface area contributed by atoms with Crippen LogP contribution in [0.3, 0.4) is 0 Å². The molecule has 7 nitrogen and oxygen atoms in total. The number of sulfonamides is 1. The zero-order valence-corrected chi connectivity index (χ0v) is 17.7. The number of anilines is 2. The van der Waals surface area contributed by atoms with Crippen molar-refractivity contribution in [3.63, 3.8) is 0 Å². The van der Waals surface area contributed by atoms with Crippen molar-refractivity contribution in [2.45, 2.75) is 6.92 Å². The molecular formula is C21H24FN3O4S. The maximum absolute atomic E-state index is 13.1. The average Bonchev–Trinajstić information content (AvgIpc) is 2.72. The fourth-order valence-corrected chi connectivity index (χ4v) is 4.21. The summed E-state index contributed by atoms with van der Waals surface area (Å²) in [6, 6.07) is 12.4. The van der Waals surface area contributed by atoms with E-state index in [0.29, 0.717) is 31.7 Å². The van der Waals surface area contributed by atoms with Crippen LogP contribution in [-0.2, 0) is 14.8 Å². The van der Waals surface area contributed by atoms with E-state index in [1.54, 1.807) is 35.2 Å². The van der Waals surface area contributed by atoms with Gasteiger partial charge in [0, 0.05) is 37.4 Å². The highest BCUT2D eigenvalue weighted by Crippen LogP contribution is 2.21. The molecule has 0 spiro atoms. The van der Waals surface area contributed by atoms with Crippen molar-refractivity contribution in [1.82, 2.24) is 4.90 Å². The van der Waals surface area contributed by atoms with Gasteiger partial charge in [0.05, 0.1) is 11.9 Å². The molecule has 1 saturated heterocycles. The molecule has 1 amide bonds. The Morgan fingerprint density at radius 3 is 2.23 bits per heavy atom. The maximum Gasteiger partial charge on any atom is 0.243 e. The SMILES string of the molecule is CC(=O)c1cccc(N(CC(=O)N2CCN(c3ccc(F)cc3)CC2)S(C)(=O)=O)c1. The Morgan fingerprint density at radius 2 is 1.67 bits per heavy atom. The lowest BCUT2D eigenvalue weighted by Crippen LogP contribution is -2.52. The highest BCUT2D eigenvalue weighted by molar-refractivity contribution is 7.92. The molecular weight excluding hydrogens is 409 g/mol. The van der Waals surface area contributed by atoms with Gasteiger partial charge in [-0.05, 0) is 43.3 Å². The first-order chi connectivity index (χ1) is 14.1. The lowest BCUT2D eigenvalue weighted by atomic mass is 10.1. The van der Waals surface area contributed by atoms with Crippen LogP contribution in [0.25, 0.3) is 0 Å². The van der Waals surface area contributed by atoms with E-state index in [4.69, 9.17) is 0 Å². The van der Waals surface area contributed by atoms with Crippen LogP contribution < -0.4 is 9.21 Å². The van der Waals surface area contributed by atoms with Gasteiger partial charge in [0.1, 0.15) is 12.4 Å². The number of Topliss-reactive ketones (excluding diaryl/α,β-unsaturated/α-hetero) is 1. The predicted octanol–water partition coefficient (Wildman–Crippen LogP) is 2.14. The fourth-order valence-electron chi connectivity index (χ4n) is 3.37. The molecule has 0 aromatic heterocycles. The summed E-state index contributed by atoms with van der Waals surface area (Å²) in [4.78, 5) is 28.1. The van der Waals surface area contributed by atoms with Crippen LogP contribution in [0.2, 0.25) is 0 Å². The predicted molar refractivity (Wildman–Crippen MR) is 114 cm³/mol. The lowest BCUT2D eigenvalue weighted by Gasteiger charge is -2.37. The summed E-state index contributed by atoms with van der Waals surface area (Å²) in [5, 5.41) is 0. The number of hydrogen-bond acceptors (Lipinski definition) is 5. The Morgan fingerprint density at radius 1 is 1.03 bits per heavy atom. The number of nitrogens with zero attached hydrogens (tertiary/aromatic N) is 3. The minimum atomic E-state index is -3.72. The van der Waals surface area contributed by atoms with Gasteiger partial charge >= 0.3 is 0 Å². The van der Waals surface area contributed by atoms with E-state index >= 15 is 0 Å². The Kier molecular flexibility index (Phi) is 6.40. The van der Waals surface area contributed by atoms with Crippen molar-refractivity contribution in [2.24, 2.45) is 0 Å². The number of hydrogen-bond donors (Lipinski definition) is 0. The quantitative estimate of drug-likeness (QED) is 0.653. The largest absolute Gasteiger partial charge is 0.368 e. The van der Waals surface area contributed by atoms with Gasteiger partial charge in [-0.2, -0.15) is 0 Å². The molecule has 2 aromatic carbocycles. The Hall–Kier alpha value is -2.94. The third-order valence-electron chi connectivity index (χ3n) is 5.04. The second-order valence-electron chi connectivity index (χ2n) is 7.22. The topological polar surface area (TPSA) is 78.0 Å². The second-order valence-corrected chi connectivity index (χ2v) is 9.13. The van der Waals surface area contributed by atoms with E-state index in [2.05, 4.69) is 0 Å². The average molecular weight is 434 g/mol. The van der Waals surface area contributed by atoms with Gasteiger partial charge in [-0.15, -0.1) is 0 Å². The van der Waals surface area contributed by atoms with E-state index < -0.39 is 10.0 Å². The summed E-state index contributed by atoms with van der Waals surface area (Å²) in [5.41, 5.74) is 1.53. The van der Waals surface area contributed by atoms with Crippen molar-refractivity contribution in [2.75, 3.05) is 48.2 Å². The van der Waals surface area contributed by atoms with Gasteiger partial charge in [-0.1, -0.05) is 12.1 Å². The molecule has 0 atom stereocenters. The van der Waals surface area contributed by atoms with Gasteiger partial charge in [-0.3, -0.25) is 13.9 Å². The molecule has 0 unspecified atom stereocenters. The van der Waals surface area contributed by atoms with Crippen LogP contribution in [0.4, 0.5) is 15.8 Å². The van der Waals surface area contributed by atoms with Gasteiger partial charge in [0.15, 0.2) is 5.78 Å². The van der Waals surface area contributed by atoms with E-state index in [9.17, 15) is 22.4 Å². The molecule has 1 fully saturated rings. The number of halogens is 1. The van der Waals surface area contributed by atoms with Crippen molar-refractivity contribution in [3.05, 3.63) is 59.9 Å². The smallest absolute Gasteiger partial charge is 0.243 e. The first-order valence-electron chi connectivity index (χ1n) is 9.52. The third-order valence-corrected chi connectivity index (χ3v) is 6.18. The standard InChI is InChI=1S/C21H24FN3O4S/c1-16(26)17-4-3-5-20(14-17)25(30(2,28)29)15-21(27)24-12-10-23(11-13-24)19-8-6-18(22)7-9-19/h3-9,14H,10-13,15H2,1-2H3. The fraction of sp³-hybridized carbons (Fsp3) is 0.333. The molecule has 1 heterocycles. The monoisotopic (exact) mass is 433 g/mol. The van der Waals surface area contributed by atoms with E-state index in [1.165, 1.54) is 25.1 Å². The van der Waals surface area contributed by atoms with E-state index in [0.717, 1.165) is 16.2 Å².